The molecule has 0 radical (unpaired) electrons. The topological polar surface area (TPSA) is 59.4 Å². The highest BCUT2D eigenvalue weighted by atomic mass is 32.1. The van der Waals surface area contributed by atoms with Gasteiger partial charge in [0.25, 0.3) is 0 Å². The first-order chi connectivity index (χ1) is 13.5. The Morgan fingerprint density at radius 2 is 2.00 bits per heavy atom. The van der Waals surface area contributed by atoms with Crippen molar-refractivity contribution in [3.05, 3.63) is 57.5 Å². The first-order valence-corrected chi connectivity index (χ1v) is 9.48. The van der Waals surface area contributed by atoms with Crippen LogP contribution in [0, 0.1) is 19.7 Å². The number of hydrogen-bond donors (Lipinski definition) is 1. The molecule has 1 unspecified atom stereocenters. The zero-order valence-electron chi connectivity index (χ0n) is 15.7. The van der Waals surface area contributed by atoms with E-state index < -0.39 is 29.6 Å². The molecular weight excluding hydrogens is 410 g/mol. The second kappa shape index (κ2) is 7.62. The number of carboxylic acid groups (broad SMARTS) is 1. The Kier molecular flexibility index (Phi) is 5.53. The highest BCUT2D eigenvalue weighted by Gasteiger charge is 2.32. The van der Waals surface area contributed by atoms with Crippen molar-refractivity contribution in [1.29, 1.82) is 0 Å². The lowest BCUT2D eigenvalue weighted by Gasteiger charge is -2.13. The second-order valence-corrected chi connectivity index (χ2v) is 7.57. The molecule has 1 N–H and O–H groups in total. The quantitative estimate of drug-likeness (QED) is 0.520. The molecule has 0 aliphatic heterocycles. The molecule has 2 aromatic heterocycles. The van der Waals surface area contributed by atoms with Crippen LogP contribution < -0.4 is 4.74 Å². The van der Waals surface area contributed by atoms with Crippen molar-refractivity contribution < 1.29 is 32.2 Å². The number of aromatic nitrogens is 1. The van der Waals surface area contributed by atoms with Crippen LogP contribution in [0.4, 0.5) is 17.6 Å². The molecule has 4 nitrogen and oxygen atoms in total. The molecule has 0 saturated heterocycles. The molecule has 0 aliphatic carbocycles. The number of nitrogens with zero attached hydrogens (tertiary/aromatic N) is 1. The molecule has 1 atom stereocenters. The van der Waals surface area contributed by atoms with Gasteiger partial charge in [0.15, 0.2) is 11.6 Å². The van der Waals surface area contributed by atoms with Gasteiger partial charge in [-0.05, 0) is 49.4 Å². The number of halogens is 4. The maximum atomic E-state index is 14.9. The van der Waals surface area contributed by atoms with E-state index in [-0.39, 0.29) is 22.8 Å². The van der Waals surface area contributed by atoms with Crippen molar-refractivity contribution in [1.82, 2.24) is 4.98 Å². The minimum absolute atomic E-state index is 0.0503. The molecule has 0 spiro atoms. The number of ether oxygens (including phenoxy) is 1. The van der Waals surface area contributed by atoms with Gasteiger partial charge in [-0.3, -0.25) is 4.79 Å². The van der Waals surface area contributed by atoms with E-state index >= 15 is 0 Å². The number of aryl methyl sites for hydroxylation is 2. The lowest BCUT2D eigenvalue weighted by Crippen LogP contribution is -2.10. The largest absolute Gasteiger partial charge is 0.486 e. The minimum Gasteiger partial charge on any atom is -0.486 e. The fourth-order valence-electron chi connectivity index (χ4n) is 3.00. The Morgan fingerprint density at radius 1 is 1.31 bits per heavy atom. The van der Waals surface area contributed by atoms with E-state index in [0.29, 0.717) is 22.1 Å². The SMILES string of the molecule is Cc1nc(C(F)(F)F)ccc1COc1cc(C)c2c(C(C)C(=O)O)csc2c1F. The van der Waals surface area contributed by atoms with Crippen molar-refractivity contribution in [3.8, 4) is 5.75 Å². The van der Waals surface area contributed by atoms with Crippen LogP contribution in [0.5, 0.6) is 5.75 Å². The zero-order valence-corrected chi connectivity index (χ0v) is 16.5. The molecule has 0 saturated carbocycles. The normalized spacial score (nSPS) is 12.9. The Morgan fingerprint density at radius 3 is 2.59 bits per heavy atom. The van der Waals surface area contributed by atoms with Gasteiger partial charge in [-0.1, -0.05) is 6.07 Å². The number of carbonyl (C=O) groups is 1. The Hall–Kier alpha value is -2.68. The van der Waals surface area contributed by atoms with Gasteiger partial charge in [0.2, 0.25) is 0 Å². The first kappa shape index (κ1) is 21.0. The van der Waals surface area contributed by atoms with Gasteiger partial charge in [-0.2, -0.15) is 13.2 Å². The molecular formula is C20H17F4NO3S. The minimum atomic E-state index is -4.54. The molecule has 1 aromatic carbocycles. The van der Waals surface area contributed by atoms with Crippen molar-refractivity contribution in [2.45, 2.75) is 39.5 Å². The van der Waals surface area contributed by atoms with Crippen molar-refractivity contribution >= 4 is 27.4 Å². The fraction of sp³-hybridized carbons (Fsp3) is 0.300. The summed E-state index contributed by atoms with van der Waals surface area (Å²) in [5, 5.41) is 11.4. The van der Waals surface area contributed by atoms with E-state index in [2.05, 4.69) is 4.98 Å². The first-order valence-electron chi connectivity index (χ1n) is 8.60. The van der Waals surface area contributed by atoms with Crippen molar-refractivity contribution in [2.75, 3.05) is 0 Å². The van der Waals surface area contributed by atoms with Crippen LogP contribution in [0.2, 0.25) is 0 Å². The lowest BCUT2D eigenvalue weighted by atomic mass is 9.97. The summed E-state index contributed by atoms with van der Waals surface area (Å²) in [6, 6.07) is 3.58. The molecule has 0 bridgehead atoms. The lowest BCUT2D eigenvalue weighted by molar-refractivity contribution is -0.141. The molecule has 154 valence electrons. The number of benzene rings is 1. The van der Waals surface area contributed by atoms with Crippen LogP contribution in [-0.4, -0.2) is 16.1 Å². The monoisotopic (exact) mass is 427 g/mol. The summed E-state index contributed by atoms with van der Waals surface area (Å²) in [4.78, 5) is 14.8. The van der Waals surface area contributed by atoms with E-state index in [1.54, 1.807) is 12.3 Å². The van der Waals surface area contributed by atoms with Crippen LogP contribution in [0.15, 0.2) is 23.6 Å². The Labute approximate surface area is 167 Å². The van der Waals surface area contributed by atoms with Crippen LogP contribution in [-0.2, 0) is 17.6 Å². The van der Waals surface area contributed by atoms with E-state index in [0.717, 1.165) is 17.4 Å². The van der Waals surface area contributed by atoms with Gasteiger partial charge in [-0.15, -0.1) is 11.3 Å². The number of aliphatic carboxylic acids is 1. The van der Waals surface area contributed by atoms with E-state index in [4.69, 9.17) is 4.74 Å². The Bertz CT molecular complexity index is 1090. The van der Waals surface area contributed by atoms with Crippen LogP contribution in [0.25, 0.3) is 10.1 Å². The van der Waals surface area contributed by atoms with Crippen molar-refractivity contribution in [2.24, 2.45) is 0 Å². The van der Waals surface area contributed by atoms with Crippen molar-refractivity contribution in [3.63, 3.8) is 0 Å². The molecule has 0 aliphatic rings. The van der Waals surface area contributed by atoms with Crippen LogP contribution in [0.1, 0.15) is 40.9 Å². The molecule has 2 heterocycles. The highest BCUT2D eigenvalue weighted by molar-refractivity contribution is 7.17. The predicted octanol–water partition coefficient (Wildman–Crippen LogP) is 5.84. The molecule has 3 aromatic rings. The Balaban J connectivity index is 1.90. The predicted molar refractivity (Wildman–Crippen MR) is 101 cm³/mol. The molecule has 9 heteroatoms. The third-order valence-corrected chi connectivity index (χ3v) is 5.67. The zero-order chi connectivity index (χ0) is 21.5. The summed E-state index contributed by atoms with van der Waals surface area (Å²) < 4.78 is 58.9. The maximum Gasteiger partial charge on any atom is 0.433 e. The van der Waals surface area contributed by atoms with Gasteiger partial charge in [0.1, 0.15) is 12.3 Å². The number of alkyl halides is 3. The molecule has 0 amide bonds. The second-order valence-electron chi connectivity index (χ2n) is 6.69. The van der Waals surface area contributed by atoms with E-state index in [1.807, 2.05) is 0 Å². The van der Waals surface area contributed by atoms with Crippen LogP contribution in [0.3, 0.4) is 0 Å². The third-order valence-electron chi connectivity index (χ3n) is 4.68. The number of thiophene rings is 1. The summed E-state index contributed by atoms with van der Waals surface area (Å²) in [5.41, 5.74) is 0.736. The standard InChI is InChI=1S/C20H17F4NO3S/c1-9-6-14(17(21)18-16(9)13(8-29-18)10(2)19(26)27)28-7-12-4-5-15(20(22,23)24)25-11(12)3/h4-6,8,10H,7H2,1-3H3,(H,26,27). The van der Waals surface area contributed by atoms with E-state index in [1.165, 1.54) is 26.0 Å². The molecule has 0 fully saturated rings. The third kappa shape index (κ3) is 4.05. The summed E-state index contributed by atoms with van der Waals surface area (Å²) in [6.45, 7) is 4.54. The summed E-state index contributed by atoms with van der Waals surface area (Å²) in [5.74, 6) is -2.47. The number of rotatable bonds is 5. The number of hydrogen-bond acceptors (Lipinski definition) is 4. The van der Waals surface area contributed by atoms with Gasteiger partial charge < -0.3 is 9.84 Å². The summed E-state index contributed by atoms with van der Waals surface area (Å²) in [6.07, 6.45) is -4.54. The molecule has 29 heavy (non-hydrogen) atoms. The average molecular weight is 427 g/mol. The number of carboxylic acids is 1. The number of fused-ring (bicyclic) bond motifs is 1. The van der Waals surface area contributed by atoms with E-state index in [9.17, 15) is 27.5 Å². The van der Waals surface area contributed by atoms with Gasteiger partial charge in [0, 0.05) is 16.6 Å². The van der Waals surface area contributed by atoms with Crippen LogP contribution >= 0.6 is 11.3 Å². The van der Waals surface area contributed by atoms with Gasteiger partial charge >= 0.3 is 12.1 Å². The smallest absolute Gasteiger partial charge is 0.433 e. The summed E-state index contributed by atoms with van der Waals surface area (Å²) >= 11 is 1.09. The van der Waals surface area contributed by atoms with Gasteiger partial charge in [0.05, 0.1) is 10.6 Å². The highest BCUT2D eigenvalue weighted by Crippen LogP contribution is 2.39. The fourth-order valence-corrected chi connectivity index (χ4v) is 4.16. The summed E-state index contributed by atoms with van der Waals surface area (Å²) in [7, 11) is 0. The average Bonchev–Trinajstić information content (AvgIpc) is 3.08. The van der Waals surface area contributed by atoms with Gasteiger partial charge in [-0.25, -0.2) is 9.37 Å². The maximum absolute atomic E-state index is 14.9. The number of pyridine rings is 1. The molecule has 3 rings (SSSR count).